The predicted octanol–water partition coefficient (Wildman–Crippen LogP) is 9.90. The third-order valence-corrected chi connectivity index (χ3v) is 7.96. The van der Waals surface area contributed by atoms with Crippen molar-refractivity contribution in [2.24, 2.45) is 11.8 Å². The van der Waals surface area contributed by atoms with Gasteiger partial charge in [0.15, 0.2) is 6.10 Å². The maximum Gasteiger partial charge on any atom is 0.306 e. The molecular formula is C35H66O6. The van der Waals surface area contributed by atoms with Crippen molar-refractivity contribution in [1.29, 1.82) is 0 Å². The molecule has 242 valence electrons. The Bertz CT molecular complexity index is 634. The summed E-state index contributed by atoms with van der Waals surface area (Å²) >= 11 is 0. The Kier molecular flexibility index (Phi) is 27.4. The summed E-state index contributed by atoms with van der Waals surface area (Å²) in [7, 11) is 0. The highest BCUT2D eigenvalue weighted by atomic mass is 16.6. The van der Waals surface area contributed by atoms with Gasteiger partial charge in [-0.3, -0.25) is 14.4 Å². The van der Waals surface area contributed by atoms with E-state index in [1.165, 1.54) is 64.2 Å². The number of unbranched alkanes of at least 4 members (excludes halogenated alkanes) is 6. The van der Waals surface area contributed by atoms with Crippen LogP contribution in [0.3, 0.4) is 0 Å². The van der Waals surface area contributed by atoms with Crippen molar-refractivity contribution < 1.29 is 28.6 Å². The maximum atomic E-state index is 12.6. The van der Waals surface area contributed by atoms with Crippen LogP contribution in [0.2, 0.25) is 0 Å². The molecule has 0 aromatic heterocycles. The molecule has 0 saturated carbocycles. The molecule has 0 rings (SSSR count). The van der Waals surface area contributed by atoms with E-state index >= 15 is 0 Å². The summed E-state index contributed by atoms with van der Waals surface area (Å²) in [6.45, 7) is 10.9. The fourth-order valence-corrected chi connectivity index (χ4v) is 5.47. The van der Waals surface area contributed by atoms with Crippen LogP contribution < -0.4 is 0 Å². The normalized spacial score (nSPS) is 13.4. The lowest BCUT2D eigenvalue weighted by Gasteiger charge is -2.19. The van der Waals surface area contributed by atoms with E-state index in [1.807, 2.05) is 0 Å². The molecule has 0 aliphatic heterocycles. The summed E-state index contributed by atoms with van der Waals surface area (Å²) in [4.78, 5) is 37.1. The van der Waals surface area contributed by atoms with Crippen LogP contribution in [-0.2, 0) is 28.6 Å². The molecule has 6 nitrogen and oxygen atoms in total. The monoisotopic (exact) mass is 582 g/mol. The number of carbonyl (C=O) groups is 3. The predicted molar refractivity (Wildman–Crippen MR) is 169 cm³/mol. The molecule has 0 radical (unpaired) electrons. The molecule has 0 aromatic rings. The number of hydrogen-bond acceptors (Lipinski definition) is 6. The van der Waals surface area contributed by atoms with Crippen LogP contribution in [0.15, 0.2) is 0 Å². The lowest BCUT2D eigenvalue weighted by molar-refractivity contribution is -0.167. The Balaban J connectivity index is 4.62. The standard InChI is InChI=1S/C35H66O6/c1-6-11-14-25-33(36)39-28-32(41-35(38)27-18-16-24-31(20-10-5)22-13-8-3)29-40-34(37)26-17-15-23-30(19-9-4)21-12-7-2/h30-32H,6-29H2,1-5H3. The van der Waals surface area contributed by atoms with Crippen molar-refractivity contribution in [1.82, 2.24) is 0 Å². The summed E-state index contributed by atoms with van der Waals surface area (Å²) in [5, 5.41) is 0. The molecule has 0 bridgehead atoms. The zero-order valence-corrected chi connectivity index (χ0v) is 27.7. The van der Waals surface area contributed by atoms with Crippen LogP contribution in [0, 0.1) is 11.8 Å². The van der Waals surface area contributed by atoms with Gasteiger partial charge in [-0.25, -0.2) is 0 Å². The molecule has 0 aliphatic carbocycles. The van der Waals surface area contributed by atoms with Gasteiger partial charge in [0.1, 0.15) is 13.2 Å². The van der Waals surface area contributed by atoms with Crippen LogP contribution in [0.5, 0.6) is 0 Å². The molecule has 0 aliphatic rings. The minimum atomic E-state index is -0.762. The zero-order valence-electron chi connectivity index (χ0n) is 27.7. The smallest absolute Gasteiger partial charge is 0.306 e. The van der Waals surface area contributed by atoms with Gasteiger partial charge in [-0.1, -0.05) is 137 Å². The summed E-state index contributed by atoms with van der Waals surface area (Å²) in [6.07, 6.45) is 21.4. The van der Waals surface area contributed by atoms with Gasteiger partial charge in [0.25, 0.3) is 0 Å². The molecular weight excluding hydrogens is 516 g/mol. The Morgan fingerprint density at radius 1 is 0.439 bits per heavy atom. The van der Waals surface area contributed by atoms with Crippen LogP contribution in [-0.4, -0.2) is 37.2 Å². The largest absolute Gasteiger partial charge is 0.462 e. The number of hydrogen-bond donors (Lipinski definition) is 0. The first kappa shape index (κ1) is 39.4. The molecule has 41 heavy (non-hydrogen) atoms. The lowest BCUT2D eigenvalue weighted by atomic mass is 9.91. The highest BCUT2D eigenvalue weighted by molar-refractivity contribution is 5.71. The first-order chi connectivity index (χ1) is 19.9. The van der Waals surface area contributed by atoms with Gasteiger partial charge in [0, 0.05) is 19.3 Å². The Morgan fingerprint density at radius 3 is 1.24 bits per heavy atom. The average molecular weight is 583 g/mol. The lowest BCUT2D eigenvalue weighted by Crippen LogP contribution is -2.30. The summed E-state index contributed by atoms with van der Waals surface area (Å²) in [5.41, 5.74) is 0. The topological polar surface area (TPSA) is 78.9 Å². The minimum absolute atomic E-state index is 0.0721. The van der Waals surface area contributed by atoms with Gasteiger partial charge in [-0.05, 0) is 31.1 Å². The van der Waals surface area contributed by atoms with E-state index in [-0.39, 0.29) is 31.1 Å². The summed E-state index contributed by atoms with van der Waals surface area (Å²) < 4.78 is 16.5. The average Bonchev–Trinajstić information content (AvgIpc) is 2.96. The second kappa shape index (κ2) is 28.5. The Morgan fingerprint density at radius 2 is 0.829 bits per heavy atom. The third-order valence-electron chi connectivity index (χ3n) is 7.96. The van der Waals surface area contributed by atoms with E-state index in [4.69, 9.17) is 14.2 Å². The maximum absolute atomic E-state index is 12.6. The third kappa shape index (κ3) is 24.7. The van der Waals surface area contributed by atoms with Crippen LogP contribution in [0.25, 0.3) is 0 Å². The van der Waals surface area contributed by atoms with E-state index < -0.39 is 6.10 Å². The molecule has 0 amide bonds. The van der Waals surface area contributed by atoms with Gasteiger partial charge in [-0.15, -0.1) is 0 Å². The molecule has 3 unspecified atom stereocenters. The van der Waals surface area contributed by atoms with Crippen molar-refractivity contribution in [2.75, 3.05) is 13.2 Å². The molecule has 3 atom stereocenters. The van der Waals surface area contributed by atoms with Gasteiger partial charge < -0.3 is 14.2 Å². The first-order valence-electron chi connectivity index (χ1n) is 17.4. The van der Waals surface area contributed by atoms with Gasteiger partial charge >= 0.3 is 17.9 Å². The number of carbonyl (C=O) groups excluding carboxylic acids is 3. The second-order valence-corrected chi connectivity index (χ2v) is 12.0. The van der Waals surface area contributed by atoms with Gasteiger partial charge in [-0.2, -0.15) is 0 Å². The zero-order chi connectivity index (χ0) is 30.6. The van der Waals surface area contributed by atoms with Crippen molar-refractivity contribution in [2.45, 2.75) is 182 Å². The Labute approximate surface area is 253 Å². The molecule has 0 spiro atoms. The van der Waals surface area contributed by atoms with E-state index in [1.54, 1.807) is 0 Å². The van der Waals surface area contributed by atoms with Crippen molar-refractivity contribution >= 4 is 17.9 Å². The fraction of sp³-hybridized carbons (Fsp3) is 0.914. The quantitative estimate of drug-likeness (QED) is 0.0496. The summed E-state index contributed by atoms with van der Waals surface area (Å²) in [5.74, 6) is 0.590. The van der Waals surface area contributed by atoms with E-state index in [0.717, 1.165) is 69.6 Å². The molecule has 0 N–H and O–H groups in total. The number of esters is 3. The molecule has 6 heteroatoms. The number of ether oxygens (including phenoxy) is 3. The van der Waals surface area contributed by atoms with Crippen molar-refractivity contribution in [3.8, 4) is 0 Å². The minimum Gasteiger partial charge on any atom is -0.462 e. The van der Waals surface area contributed by atoms with Crippen molar-refractivity contribution in [3.05, 3.63) is 0 Å². The second-order valence-electron chi connectivity index (χ2n) is 12.0. The van der Waals surface area contributed by atoms with Gasteiger partial charge in [0.05, 0.1) is 0 Å². The number of rotatable bonds is 29. The first-order valence-corrected chi connectivity index (χ1v) is 17.4. The van der Waals surface area contributed by atoms with Crippen LogP contribution >= 0.6 is 0 Å². The fourth-order valence-electron chi connectivity index (χ4n) is 5.47. The SMILES string of the molecule is CCCCCC(=O)OCC(COC(=O)CCCCC(CCC)CCCC)OC(=O)CCCCC(CCC)CCCC. The highest BCUT2D eigenvalue weighted by Crippen LogP contribution is 2.23. The van der Waals surface area contributed by atoms with E-state index in [2.05, 4.69) is 34.6 Å². The Hall–Kier alpha value is -1.59. The van der Waals surface area contributed by atoms with E-state index in [0.29, 0.717) is 19.3 Å². The molecule has 0 aromatic carbocycles. The van der Waals surface area contributed by atoms with Crippen LogP contribution in [0.4, 0.5) is 0 Å². The van der Waals surface area contributed by atoms with Gasteiger partial charge in [0.2, 0.25) is 0 Å². The molecule has 0 fully saturated rings. The summed E-state index contributed by atoms with van der Waals surface area (Å²) in [6, 6.07) is 0. The molecule has 0 saturated heterocycles. The van der Waals surface area contributed by atoms with E-state index in [9.17, 15) is 14.4 Å². The highest BCUT2D eigenvalue weighted by Gasteiger charge is 2.20. The molecule has 0 heterocycles. The van der Waals surface area contributed by atoms with Crippen molar-refractivity contribution in [3.63, 3.8) is 0 Å². The van der Waals surface area contributed by atoms with Crippen LogP contribution in [0.1, 0.15) is 176 Å².